The van der Waals surface area contributed by atoms with Gasteiger partial charge in [0.05, 0.1) is 11.5 Å². The summed E-state index contributed by atoms with van der Waals surface area (Å²) >= 11 is 0. The normalized spacial score (nSPS) is 13.6. The molecule has 216 valence electrons. The number of nitrogens with zero attached hydrogens (tertiary/aromatic N) is 2. The van der Waals surface area contributed by atoms with E-state index in [0.29, 0.717) is 35.8 Å². The molecule has 1 saturated heterocycles. The molecule has 0 spiro atoms. The first-order chi connectivity index (χ1) is 20.2. The monoisotopic (exact) mass is 570 g/mol. The fourth-order valence-electron chi connectivity index (χ4n) is 4.23. The molecule has 4 amide bonds. The molecule has 11 nitrogen and oxygen atoms in total. The van der Waals surface area contributed by atoms with Crippen LogP contribution < -0.4 is 20.1 Å². The first-order valence-corrected chi connectivity index (χ1v) is 13.2. The highest BCUT2D eigenvalue weighted by molar-refractivity contribution is 6.16. The van der Waals surface area contributed by atoms with Crippen LogP contribution in [-0.4, -0.2) is 40.8 Å². The van der Waals surface area contributed by atoms with E-state index in [2.05, 4.69) is 17.2 Å². The Morgan fingerprint density at radius 3 is 2.45 bits per heavy atom. The van der Waals surface area contributed by atoms with Crippen LogP contribution in [0, 0.1) is 17.0 Å². The molecule has 42 heavy (non-hydrogen) atoms. The van der Waals surface area contributed by atoms with Gasteiger partial charge in [0.1, 0.15) is 18.8 Å². The number of rotatable bonds is 12. The number of allylic oxidation sites excluding steroid dienone is 1. The number of ether oxygens (including phenoxy) is 2. The first-order valence-electron chi connectivity index (χ1n) is 13.2. The molecule has 3 aromatic rings. The molecule has 0 saturated carbocycles. The second kappa shape index (κ2) is 13.3. The summed E-state index contributed by atoms with van der Waals surface area (Å²) < 4.78 is 11.9. The molecule has 0 aromatic heterocycles. The topological polar surface area (TPSA) is 140 Å². The summed E-state index contributed by atoms with van der Waals surface area (Å²) in [5.74, 6) is -0.268. The number of amides is 4. The zero-order valence-electron chi connectivity index (χ0n) is 23.2. The summed E-state index contributed by atoms with van der Waals surface area (Å²) in [6.45, 7) is 7.58. The number of urea groups is 1. The summed E-state index contributed by atoms with van der Waals surface area (Å²) in [6, 6.07) is 16.0. The van der Waals surface area contributed by atoms with Crippen molar-refractivity contribution in [3.63, 3.8) is 0 Å². The number of anilines is 1. The Morgan fingerprint density at radius 1 is 1.10 bits per heavy atom. The molecular formula is C31H30N4O7. The number of aryl methyl sites for hydroxylation is 1. The minimum Gasteiger partial charge on any atom is -0.490 e. The molecule has 0 unspecified atom stereocenters. The van der Waals surface area contributed by atoms with E-state index in [4.69, 9.17) is 9.47 Å². The third-order valence-corrected chi connectivity index (χ3v) is 6.26. The van der Waals surface area contributed by atoms with Gasteiger partial charge in [0, 0.05) is 23.4 Å². The van der Waals surface area contributed by atoms with Crippen LogP contribution in [0.5, 0.6) is 11.5 Å². The molecule has 2 N–H and O–H groups in total. The molecular weight excluding hydrogens is 540 g/mol. The number of nitro benzene ring substituents is 1. The maximum Gasteiger partial charge on any atom is 0.329 e. The summed E-state index contributed by atoms with van der Waals surface area (Å²) in [6.07, 6.45) is 3.61. The highest BCUT2D eigenvalue weighted by atomic mass is 16.6. The van der Waals surface area contributed by atoms with Crippen LogP contribution in [0.4, 0.5) is 16.2 Å². The average molecular weight is 571 g/mol. The van der Waals surface area contributed by atoms with Gasteiger partial charge in [-0.25, -0.2) is 9.69 Å². The molecule has 0 aliphatic carbocycles. The molecule has 4 rings (SSSR count). The fourth-order valence-corrected chi connectivity index (χ4v) is 4.23. The van der Waals surface area contributed by atoms with E-state index in [1.54, 1.807) is 42.5 Å². The van der Waals surface area contributed by atoms with Crippen LogP contribution in [-0.2, 0) is 22.6 Å². The summed E-state index contributed by atoms with van der Waals surface area (Å²) in [4.78, 5) is 49.4. The number of imide groups is 1. The van der Waals surface area contributed by atoms with E-state index >= 15 is 0 Å². The molecule has 1 aliphatic rings. The van der Waals surface area contributed by atoms with E-state index < -0.39 is 29.3 Å². The van der Waals surface area contributed by atoms with Crippen LogP contribution in [0.2, 0.25) is 0 Å². The SMILES string of the molecule is C=CCc1cc(/C=C2/NC(=O)N(CC(=O)Nc3ccc(C)cc3)C2=O)cc(OCC)c1OCc1ccc([N+](=O)[O-])cc1. The minimum absolute atomic E-state index is 0.00897. The van der Waals surface area contributed by atoms with Crippen molar-refractivity contribution < 1.29 is 28.8 Å². The maximum atomic E-state index is 13.0. The van der Waals surface area contributed by atoms with Crippen LogP contribution in [0.15, 0.2) is 79.0 Å². The van der Waals surface area contributed by atoms with Crippen molar-refractivity contribution in [2.45, 2.75) is 26.9 Å². The van der Waals surface area contributed by atoms with Crippen molar-refractivity contribution in [2.75, 3.05) is 18.5 Å². The third kappa shape index (κ3) is 7.19. The van der Waals surface area contributed by atoms with Gasteiger partial charge in [0.25, 0.3) is 11.6 Å². The Balaban J connectivity index is 1.53. The van der Waals surface area contributed by atoms with E-state index in [9.17, 15) is 24.5 Å². The predicted molar refractivity (Wildman–Crippen MR) is 157 cm³/mol. The third-order valence-electron chi connectivity index (χ3n) is 6.26. The van der Waals surface area contributed by atoms with Gasteiger partial charge in [-0.05, 0) is 73.9 Å². The van der Waals surface area contributed by atoms with Gasteiger partial charge in [-0.15, -0.1) is 6.58 Å². The number of nitro groups is 1. The van der Waals surface area contributed by atoms with Gasteiger partial charge in [0.15, 0.2) is 11.5 Å². The van der Waals surface area contributed by atoms with Crippen molar-refractivity contribution in [3.05, 3.63) is 111 Å². The van der Waals surface area contributed by atoms with Gasteiger partial charge >= 0.3 is 6.03 Å². The Morgan fingerprint density at radius 2 is 1.81 bits per heavy atom. The van der Waals surface area contributed by atoms with Crippen LogP contribution in [0.1, 0.15) is 29.2 Å². The van der Waals surface area contributed by atoms with Gasteiger partial charge in [-0.1, -0.05) is 23.8 Å². The number of non-ortho nitro benzene ring substituents is 1. The van der Waals surface area contributed by atoms with E-state index in [1.807, 2.05) is 26.0 Å². The van der Waals surface area contributed by atoms with Gasteiger partial charge < -0.3 is 20.1 Å². The number of carbonyl (C=O) groups is 3. The lowest BCUT2D eigenvalue weighted by Gasteiger charge is -2.17. The molecule has 0 bridgehead atoms. The van der Waals surface area contributed by atoms with E-state index in [0.717, 1.165) is 21.6 Å². The van der Waals surface area contributed by atoms with Gasteiger partial charge in [0.2, 0.25) is 5.91 Å². The van der Waals surface area contributed by atoms with Crippen molar-refractivity contribution in [1.82, 2.24) is 10.2 Å². The predicted octanol–water partition coefficient (Wildman–Crippen LogP) is 5.14. The van der Waals surface area contributed by atoms with E-state index in [-0.39, 0.29) is 18.0 Å². The molecule has 3 aromatic carbocycles. The largest absolute Gasteiger partial charge is 0.490 e. The van der Waals surface area contributed by atoms with Gasteiger partial charge in [-0.3, -0.25) is 19.7 Å². The second-order valence-corrected chi connectivity index (χ2v) is 9.44. The number of hydrogen-bond acceptors (Lipinski definition) is 7. The Labute approximate surface area is 242 Å². The summed E-state index contributed by atoms with van der Waals surface area (Å²) in [7, 11) is 0. The lowest BCUT2D eigenvalue weighted by atomic mass is 10.0. The molecule has 11 heteroatoms. The zero-order valence-corrected chi connectivity index (χ0v) is 23.2. The second-order valence-electron chi connectivity index (χ2n) is 9.44. The minimum atomic E-state index is -0.704. The quantitative estimate of drug-likeness (QED) is 0.101. The highest BCUT2D eigenvalue weighted by Crippen LogP contribution is 2.35. The van der Waals surface area contributed by atoms with Crippen molar-refractivity contribution in [1.29, 1.82) is 0 Å². The van der Waals surface area contributed by atoms with Crippen molar-refractivity contribution >= 4 is 35.3 Å². The lowest BCUT2D eigenvalue weighted by molar-refractivity contribution is -0.384. The van der Waals surface area contributed by atoms with E-state index in [1.165, 1.54) is 18.2 Å². The zero-order chi connectivity index (χ0) is 30.2. The number of benzene rings is 3. The number of hydrogen-bond donors (Lipinski definition) is 2. The maximum absolute atomic E-state index is 13.0. The number of carbonyl (C=O) groups excluding carboxylic acids is 3. The van der Waals surface area contributed by atoms with Crippen molar-refractivity contribution in [3.8, 4) is 11.5 Å². The Hall–Kier alpha value is -5.45. The Kier molecular flexibility index (Phi) is 9.33. The molecule has 0 atom stereocenters. The van der Waals surface area contributed by atoms with Crippen LogP contribution in [0.3, 0.4) is 0 Å². The highest BCUT2D eigenvalue weighted by Gasteiger charge is 2.35. The summed E-state index contributed by atoms with van der Waals surface area (Å²) in [5, 5.41) is 16.2. The van der Waals surface area contributed by atoms with Crippen LogP contribution >= 0.6 is 0 Å². The molecule has 1 aliphatic heterocycles. The molecule has 1 fully saturated rings. The number of nitrogens with one attached hydrogen (secondary N) is 2. The standard InChI is InChI=1S/C31H30N4O7/c1-4-6-23-15-22(17-27(41-5-2)29(23)42-19-21-9-13-25(14-10-21)35(39)40)16-26-30(37)34(31(38)33-26)18-28(36)32-24-11-7-20(3)8-12-24/h4,7-17H,1,5-6,18-19H2,2-3H3,(H,32,36)(H,33,38)/b26-16+. The van der Waals surface area contributed by atoms with Gasteiger partial charge in [-0.2, -0.15) is 0 Å². The lowest BCUT2D eigenvalue weighted by Crippen LogP contribution is -2.38. The molecule has 0 radical (unpaired) electrons. The Bertz CT molecular complexity index is 1550. The van der Waals surface area contributed by atoms with Crippen LogP contribution in [0.25, 0.3) is 6.08 Å². The molecule has 1 heterocycles. The average Bonchev–Trinajstić information content (AvgIpc) is 3.21. The van der Waals surface area contributed by atoms with Crippen molar-refractivity contribution in [2.24, 2.45) is 0 Å². The smallest absolute Gasteiger partial charge is 0.329 e. The fraction of sp³-hybridized carbons (Fsp3) is 0.194. The summed E-state index contributed by atoms with van der Waals surface area (Å²) in [5.41, 5.74) is 3.59. The first kappa shape index (κ1) is 29.5.